The second-order valence-corrected chi connectivity index (χ2v) is 22.9. The van der Waals surface area contributed by atoms with Gasteiger partial charge in [-0.25, -0.2) is 58.4 Å². The van der Waals surface area contributed by atoms with Gasteiger partial charge in [-0.1, -0.05) is 0 Å². The van der Waals surface area contributed by atoms with Crippen molar-refractivity contribution < 1.29 is 105 Å². The summed E-state index contributed by atoms with van der Waals surface area (Å²) in [6.45, 7) is -4.25. The lowest BCUT2D eigenvalue weighted by Gasteiger charge is -2.26. The highest BCUT2D eigenvalue weighted by atomic mass is 31.2. The van der Waals surface area contributed by atoms with E-state index < -0.39 is 159 Å². The molecule has 16 N–H and O–H groups in total. The standard InChI is InChI=1S/C39H48N17O24P3/c40-17-1-2-53(39(64)52-17)36-24(61)27(15(76-36)5-72-82(67,68)78-26-13(3-57)74-37(23(26)60)54-10-49-18-29(41)43-7-45-31(18)54)79-83(69,70)73-6-16-28(25(62)38(77-16)55-11-50-19-30(42)44-8-46-32(19)55)80-81(65,66)71-4-14-21(58)22(59)35(75-14)56-12-51-20-33(56)47-9-48-34(20)63/h1-2,7-16,21-28,35-38,57-62H,3-6H2,(H,65,66)(H,67,68)(H,69,70)(H2,40,52,64)(H2,41,43,45)(H2,42,44,46)(H,47,48,63)/t13-,14-,15-,16-,21-,22-,23-,24-,25-,26-,27-,28-,35-,36-,37-,38-/m1/s1. The molecule has 0 spiro atoms. The second kappa shape index (κ2) is 22.6. The van der Waals surface area contributed by atoms with Gasteiger partial charge in [0.25, 0.3) is 5.56 Å². The summed E-state index contributed by atoms with van der Waals surface area (Å²) < 4.78 is 100. The first kappa shape index (κ1) is 58.4. The average Bonchev–Trinajstić information content (AvgIpc) is 4.53. The molecule has 3 unspecified atom stereocenters. The normalized spacial score (nSPS) is 32.4. The van der Waals surface area contributed by atoms with Gasteiger partial charge < -0.3 is 86.5 Å². The summed E-state index contributed by atoms with van der Waals surface area (Å²) in [6.07, 6.45) is -21.4. The SMILES string of the molecule is Nc1ccn([C@@H]2O[C@H](COP(=O)(O)O[C@H]3[C@@H](O)[C@H](n4cnc5c(N)ncnc54)O[C@@H]3CO)[C@@H](OP(=O)(O)OC[C@H]3O[C@@H](n4cnc5c(N)ncnc54)[C@H](O)[C@@H]3OP(=O)(O)OC[C@H]3O[C@@H](n4cnc5c(=O)[nH]cnc54)[C@H](O)[C@@H]3O)[C@H]2O)c(=O)n1. The maximum atomic E-state index is 14.0. The Bertz CT molecular complexity index is 3820. The zero-order valence-electron chi connectivity index (χ0n) is 41.7. The van der Waals surface area contributed by atoms with E-state index in [2.05, 4.69) is 49.8 Å². The number of hydrogen-bond donors (Lipinski definition) is 13. The first-order valence-corrected chi connectivity index (χ1v) is 28.6. The number of nitrogen functional groups attached to an aromatic ring is 3. The molecule has 0 aromatic carbocycles. The number of aromatic nitrogens is 14. The van der Waals surface area contributed by atoms with Crippen LogP contribution in [0.4, 0.5) is 17.5 Å². The number of aliphatic hydroxyl groups is 6. The quantitative estimate of drug-likeness (QED) is 0.0317. The molecule has 0 amide bonds. The van der Waals surface area contributed by atoms with Crippen LogP contribution in [-0.4, -0.2) is 213 Å². The van der Waals surface area contributed by atoms with Gasteiger partial charge in [-0.05, 0) is 6.07 Å². The average molecular weight is 1230 g/mol. The Morgan fingerprint density at radius 2 is 0.940 bits per heavy atom. The van der Waals surface area contributed by atoms with Crippen LogP contribution in [0.1, 0.15) is 24.9 Å². The molecule has 0 saturated carbocycles. The fourth-order valence-corrected chi connectivity index (χ4v) is 12.5. The molecule has 11 heterocycles. The summed E-state index contributed by atoms with van der Waals surface area (Å²) in [5.41, 5.74) is 15.7. The molecule has 41 nitrogen and oxygen atoms in total. The minimum atomic E-state index is -5.69. The van der Waals surface area contributed by atoms with Crippen molar-refractivity contribution in [3.05, 3.63) is 71.1 Å². The molecule has 44 heteroatoms. The maximum Gasteiger partial charge on any atom is 0.472 e. The van der Waals surface area contributed by atoms with E-state index in [1.165, 1.54) is 10.9 Å². The summed E-state index contributed by atoms with van der Waals surface area (Å²) in [6, 6.07) is 1.12. The third-order valence-corrected chi connectivity index (χ3v) is 16.5. The Morgan fingerprint density at radius 3 is 1.42 bits per heavy atom. The molecule has 4 fully saturated rings. The topological polar surface area (TPSA) is 589 Å². The Labute approximate surface area is 459 Å². The third kappa shape index (κ3) is 11.3. The van der Waals surface area contributed by atoms with Crippen molar-refractivity contribution in [3.63, 3.8) is 0 Å². The van der Waals surface area contributed by atoms with Gasteiger partial charge >= 0.3 is 29.2 Å². The smallest absolute Gasteiger partial charge is 0.394 e. The molecular weight excluding hydrogens is 1180 g/mol. The molecule has 11 rings (SSSR count). The number of aliphatic hydroxyl groups excluding tert-OH is 6. The van der Waals surface area contributed by atoms with Crippen LogP contribution in [0, 0.1) is 0 Å². The summed E-state index contributed by atoms with van der Waals surface area (Å²) in [4.78, 5) is 96.5. The molecule has 7 aromatic rings. The van der Waals surface area contributed by atoms with E-state index in [0.29, 0.717) is 4.57 Å². The van der Waals surface area contributed by atoms with E-state index in [1.54, 1.807) is 0 Å². The van der Waals surface area contributed by atoms with Crippen LogP contribution in [0.3, 0.4) is 0 Å². The summed E-state index contributed by atoms with van der Waals surface area (Å²) in [5.74, 6) is -0.402. The number of nitrogens with zero attached hydrogens (tertiary/aromatic N) is 13. The van der Waals surface area contributed by atoms with E-state index in [0.717, 1.165) is 53.0 Å². The number of fused-ring (bicyclic) bond motifs is 3. The highest BCUT2D eigenvalue weighted by Crippen LogP contribution is 2.54. The summed E-state index contributed by atoms with van der Waals surface area (Å²) >= 11 is 0. The Kier molecular flexibility index (Phi) is 15.9. The van der Waals surface area contributed by atoms with Crippen molar-refractivity contribution in [2.45, 2.75) is 98.2 Å². The maximum absolute atomic E-state index is 14.0. The molecule has 4 saturated heterocycles. The Hall–Kier alpha value is -6.34. The molecule has 0 radical (unpaired) electrons. The van der Waals surface area contributed by atoms with Crippen LogP contribution in [0.25, 0.3) is 33.5 Å². The van der Waals surface area contributed by atoms with E-state index in [1.807, 2.05) is 0 Å². The highest BCUT2D eigenvalue weighted by Gasteiger charge is 2.55. The number of hydrogen-bond acceptors (Lipinski definition) is 33. The molecule has 0 aliphatic carbocycles. The van der Waals surface area contributed by atoms with Gasteiger partial charge in [0, 0.05) is 6.20 Å². The Morgan fingerprint density at radius 1 is 0.530 bits per heavy atom. The zero-order valence-corrected chi connectivity index (χ0v) is 44.4. The van der Waals surface area contributed by atoms with Crippen LogP contribution in [0.15, 0.2) is 59.8 Å². The number of ether oxygens (including phenoxy) is 4. The number of aromatic amines is 1. The fraction of sp³-hybridized carbons (Fsp3) is 0.513. The molecule has 448 valence electrons. The minimum absolute atomic E-state index is 0.0110. The molecule has 7 aromatic heterocycles. The van der Waals surface area contributed by atoms with Gasteiger partial charge in [0.15, 0.2) is 59.0 Å². The van der Waals surface area contributed by atoms with E-state index in [9.17, 15) is 68.6 Å². The van der Waals surface area contributed by atoms with Crippen LogP contribution in [0.5, 0.6) is 0 Å². The summed E-state index contributed by atoms with van der Waals surface area (Å²) in [7, 11) is -16.7. The number of nitrogens with one attached hydrogen (secondary N) is 1. The van der Waals surface area contributed by atoms with Gasteiger partial charge in [-0.2, -0.15) is 4.98 Å². The molecular formula is C39H48N17O24P3. The monoisotopic (exact) mass is 1230 g/mol. The van der Waals surface area contributed by atoms with Crippen LogP contribution >= 0.6 is 23.5 Å². The molecule has 4 aliphatic rings. The highest BCUT2D eigenvalue weighted by molar-refractivity contribution is 7.48. The van der Waals surface area contributed by atoms with Crippen molar-refractivity contribution in [1.82, 2.24) is 68.1 Å². The first-order chi connectivity index (χ1) is 39.4. The van der Waals surface area contributed by atoms with Gasteiger partial charge in [-0.3, -0.25) is 50.2 Å². The van der Waals surface area contributed by atoms with Gasteiger partial charge in [0.2, 0.25) is 0 Å². The minimum Gasteiger partial charge on any atom is -0.394 e. The van der Waals surface area contributed by atoms with Crippen molar-refractivity contribution in [2.75, 3.05) is 43.6 Å². The lowest BCUT2D eigenvalue weighted by atomic mass is 10.1. The number of anilines is 3. The number of H-pyrrole nitrogens is 1. The number of phosphoric acid groups is 3. The van der Waals surface area contributed by atoms with Crippen LogP contribution in [0.2, 0.25) is 0 Å². The van der Waals surface area contributed by atoms with Gasteiger partial charge in [0.1, 0.15) is 103 Å². The van der Waals surface area contributed by atoms with Crippen molar-refractivity contribution in [2.24, 2.45) is 0 Å². The number of rotatable bonds is 20. The van der Waals surface area contributed by atoms with E-state index in [-0.39, 0.29) is 50.9 Å². The van der Waals surface area contributed by atoms with Crippen molar-refractivity contribution in [3.8, 4) is 0 Å². The second-order valence-electron chi connectivity index (χ2n) is 18.7. The zero-order chi connectivity index (χ0) is 59.0. The predicted molar refractivity (Wildman–Crippen MR) is 265 cm³/mol. The van der Waals surface area contributed by atoms with Crippen LogP contribution < -0.4 is 28.5 Å². The lowest BCUT2D eigenvalue weighted by Crippen LogP contribution is -2.39. The fourth-order valence-electron chi connectivity index (χ4n) is 9.59. The molecule has 19 atom stereocenters. The van der Waals surface area contributed by atoms with E-state index >= 15 is 0 Å². The van der Waals surface area contributed by atoms with Crippen molar-refractivity contribution >= 4 is 74.4 Å². The number of phosphoric ester groups is 3. The van der Waals surface area contributed by atoms with Crippen molar-refractivity contribution in [1.29, 1.82) is 0 Å². The summed E-state index contributed by atoms with van der Waals surface area (Å²) in [5, 5.41) is 66.5. The number of imidazole rings is 3. The third-order valence-electron chi connectivity index (χ3n) is 13.5. The molecule has 4 aliphatic heterocycles. The van der Waals surface area contributed by atoms with E-state index in [4.69, 9.17) is 63.3 Å². The van der Waals surface area contributed by atoms with Gasteiger partial charge in [-0.15, -0.1) is 0 Å². The molecule has 0 bridgehead atoms. The number of nitrogens with two attached hydrogens (primary N) is 3. The van der Waals surface area contributed by atoms with Crippen LogP contribution in [-0.2, 0) is 59.8 Å². The predicted octanol–water partition coefficient (Wildman–Crippen LogP) is -5.30. The molecule has 83 heavy (non-hydrogen) atoms. The Balaban J connectivity index is 0.799. The first-order valence-electron chi connectivity index (χ1n) is 24.1. The van der Waals surface area contributed by atoms with Gasteiger partial charge in [0.05, 0.1) is 51.7 Å². The lowest BCUT2D eigenvalue weighted by molar-refractivity contribution is -0.0642. The largest absolute Gasteiger partial charge is 0.472 e.